The van der Waals surface area contributed by atoms with E-state index in [-0.39, 0.29) is 24.5 Å². The summed E-state index contributed by atoms with van der Waals surface area (Å²) in [6.45, 7) is 8.41. The predicted molar refractivity (Wildman–Crippen MR) is 105 cm³/mol. The number of nitrogens with two attached hydrogens (primary N) is 1. The van der Waals surface area contributed by atoms with E-state index in [1.807, 2.05) is 6.07 Å². The van der Waals surface area contributed by atoms with Gasteiger partial charge in [0, 0.05) is 25.7 Å². The summed E-state index contributed by atoms with van der Waals surface area (Å²) in [5, 5.41) is 2.35. The lowest BCUT2D eigenvalue weighted by atomic mass is 10.0. The molecule has 0 saturated carbocycles. The number of urea groups is 1. The van der Waals surface area contributed by atoms with Crippen molar-refractivity contribution in [2.45, 2.75) is 51.8 Å². The molecule has 0 unspecified atom stereocenters. The molecule has 2 aliphatic heterocycles. The Morgan fingerprint density at radius 2 is 1.79 bits per heavy atom. The SMILES string of the molecule is CC(C)(C)OC(N)=O.O=C1CN(C2CCN(Cc3ccccc3)CC2)C(=O)N1. The molecule has 3 rings (SSSR count). The number of rotatable bonds is 3. The van der Waals surface area contributed by atoms with Crippen LogP contribution < -0.4 is 11.1 Å². The number of hydrogen-bond donors (Lipinski definition) is 2. The molecule has 0 aliphatic carbocycles. The van der Waals surface area contributed by atoms with Crippen molar-refractivity contribution in [3.63, 3.8) is 0 Å². The maximum atomic E-state index is 11.6. The molecule has 1 aromatic carbocycles. The van der Waals surface area contributed by atoms with Crippen molar-refractivity contribution >= 4 is 18.0 Å². The zero-order valence-corrected chi connectivity index (χ0v) is 16.8. The second kappa shape index (κ2) is 9.54. The van der Waals surface area contributed by atoms with Gasteiger partial charge in [-0.05, 0) is 39.2 Å². The van der Waals surface area contributed by atoms with Crippen LogP contribution in [0.25, 0.3) is 0 Å². The van der Waals surface area contributed by atoms with Crippen molar-refractivity contribution in [1.29, 1.82) is 0 Å². The standard InChI is InChI=1S/C15H19N3O2.C5H11NO2/c19-14-11-18(15(20)16-14)13-6-8-17(9-7-13)10-12-4-2-1-3-5-12;1-5(2,3)8-4(6)7/h1-5,13H,6-11H2,(H,16,19,20);1-3H3,(H2,6,7). The number of nitrogens with one attached hydrogen (secondary N) is 1. The summed E-state index contributed by atoms with van der Waals surface area (Å²) in [5.41, 5.74) is 5.58. The molecule has 8 heteroatoms. The molecule has 0 spiro atoms. The first-order valence-electron chi connectivity index (χ1n) is 9.49. The van der Waals surface area contributed by atoms with Crippen molar-refractivity contribution < 1.29 is 19.1 Å². The van der Waals surface area contributed by atoms with Gasteiger partial charge in [0.2, 0.25) is 5.91 Å². The van der Waals surface area contributed by atoms with E-state index in [9.17, 15) is 14.4 Å². The lowest BCUT2D eigenvalue weighted by Crippen LogP contribution is -2.45. The van der Waals surface area contributed by atoms with Crippen LogP contribution in [0.2, 0.25) is 0 Å². The van der Waals surface area contributed by atoms with Crippen molar-refractivity contribution in [3.05, 3.63) is 35.9 Å². The van der Waals surface area contributed by atoms with Crippen LogP contribution in [0, 0.1) is 0 Å². The van der Waals surface area contributed by atoms with E-state index < -0.39 is 11.7 Å². The summed E-state index contributed by atoms with van der Waals surface area (Å²) < 4.78 is 4.58. The highest BCUT2D eigenvalue weighted by molar-refractivity contribution is 6.02. The summed E-state index contributed by atoms with van der Waals surface area (Å²) >= 11 is 0. The molecule has 0 radical (unpaired) electrons. The zero-order chi connectivity index (χ0) is 20.7. The first kappa shape index (κ1) is 21.7. The number of ether oxygens (including phenoxy) is 1. The highest BCUT2D eigenvalue weighted by Crippen LogP contribution is 2.20. The minimum absolute atomic E-state index is 0.179. The Morgan fingerprint density at radius 1 is 1.18 bits per heavy atom. The van der Waals surface area contributed by atoms with Gasteiger partial charge in [0.25, 0.3) is 0 Å². The van der Waals surface area contributed by atoms with Crippen LogP contribution in [0.15, 0.2) is 30.3 Å². The fourth-order valence-corrected chi connectivity index (χ4v) is 3.28. The maximum absolute atomic E-state index is 11.6. The summed E-state index contributed by atoms with van der Waals surface area (Å²) in [6.07, 6.45) is 1.15. The topological polar surface area (TPSA) is 105 Å². The average Bonchev–Trinajstić information content (AvgIpc) is 2.93. The molecule has 0 bridgehead atoms. The highest BCUT2D eigenvalue weighted by Gasteiger charge is 2.34. The molecule has 154 valence electrons. The van der Waals surface area contributed by atoms with E-state index in [0.29, 0.717) is 0 Å². The number of imide groups is 1. The molecule has 2 fully saturated rings. The van der Waals surface area contributed by atoms with Crippen LogP contribution >= 0.6 is 0 Å². The van der Waals surface area contributed by atoms with Gasteiger partial charge in [-0.15, -0.1) is 0 Å². The third kappa shape index (κ3) is 7.19. The molecule has 0 atom stereocenters. The molecule has 28 heavy (non-hydrogen) atoms. The van der Waals surface area contributed by atoms with Crippen LogP contribution in [0.3, 0.4) is 0 Å². The van der Waals surface area contributed by atoms with Crippen molar-refractivity contribution in [2.24, 2.45) is 5.73 Å². The Balaban J connectivity index is 0.000000300. The number of piperidine rings is 1. The average molecular weight is 390 g/mol. The van der Waals surface area contributed by atoms with E-state index in [1.165, 1.54) is 5.56 Å². The number of carbonyl (C=O) groups excluding carboxylic acids is 3. The Labute approximate surface area is 166 Å². The van der Waals surface area contributed by atoms with Gasteiger partial charge in [0.15, 0.2) is 0 Å². The lowest BCUT2D eigenvalue weighted by Gasteiger charge is -2.35. The molecule has 2 saturated heterocycles. The van der Waals surface area contributed by atoms with Gasteiger partial charge < -0.3 is 15.4 Å². The molecule has 0 aromatic heterocycles. The minimum atomic E-state index is -0.725. The molecular formula is C20H30N4O4. The van der Waals surface area contributed by atoms with Crippen LogP contribution in [0.4, 0.5) is 9.59 Å². The number of hydrogen-bond acceptors (Lipinski definition) is 5. The second-order valence-electron chi connectivity index (χ2n) is 8.01. The first-order chi connectivity index (χ1) is 13.1. The largest absolute Gasteiger partial charge is 0.444 e. The number of benzene rings is 1. The summed E-state index contributed by atoms with van der Waals surface area (Å²) in [6, 6.07) is 10.4. The normalized spacial score (nSPS) is 18.3. The van der Waals surface area contributed by atoms with Gasteiger partial charge in [-0.25, -0.2) is 9.59 Å². The number of likely N-dealkylation sites (tertiary alicyclic amines) is 1. The highest BCUT2D eigenvalue weighted by atomic mass is 16.6. The number of primary amides is 1. The predicted octanol–water partition coefficient (Wildman–Crippen LogP) is 2.08. The molecule has 8 nitrogen and oxygen atoms in total. The van der Waals surface area contributed by atoms with Crippen molar-refractivity contribution in [2.75, 3.05) is 19.6 Å². The fourth-order valence-electron chi connectivity index (χ4n) is 3.28. The Hall–Kier alpha value is -2.61. The fraction of sp³-hybridized carbons (Fsp3) is 0.550. The molecule has 4 amide bonds. The Morgan fingerprint density at radius 3 is 2.21 bits per heavy atom. The molecular weight excluding hydrogens is 360 g/mol. The van der Waals surface area contributed by atoms with E-state index in [1.54, 1.807) is 25.7 Å². The zero-order valence-electron chi connectivity index (χ0n) is 16.8. The third-order valence-corrected chi connectivity index (χ3v) is 4.47. The lowest BCUT2D eigenvalue weighted by molar-refractivity contribution is -0.118. The van der Waals surface area contributed by atoms with E-state index in [0.717, 1.165) is 32.5 Å². The summed E-state index contributed by atoms with van der Waals surface area (Å²) in [7, 11) is 0. The van der Waals surface area contributed by atoms with Gasteiger partial charge in [-0.3, -0.25) is 15.0 Å². The third-order valence-electron chi connectivity index (χ3n) is 4.47. The van der Waals surface area contributed by atoms with Gasteiger partial charge in [0.05, 0.1) is 0 Å². The summed E-state index contributed by atoms with van der Waals surface area (Å²) in [5.74, 6) is -0.179. The van der Waals surface area contributed by atoms with E-state index >= 15 is 0 Å². The van der Waals surface area contributed by atoms with Crippen LogP contribution in [0.5, 0.6) is 0 Å². The number of amides is 4. The minimum Gasteiger partial charge on any atom is -0.444 e. The Bertz CT molecular complexity index is 679. The number of carbonyl (C=O) groups is 3. The van der Waals surface area contributed by atoms with Crippen LogP contribution in [-0.4, -0.2) is 59.1 Å². The van der Waals surface area contributed by atoms with Crippen LogP contribution in [0.1, 0.15) is 39.2 Å². The molecule has 2 heterocycles. The smallest absolute Gasteiger partial charge is 0.405 e. The van der Waals surface area contributed by atoms with Gasteiger partial charge >= 0.3 is 12.1 Å². The molecule has 3 N–H and O–H groups in total. The molecule has 2 aliphatic rings. The van der Waals surface area contributed by atoms with Crippen molar-refractivity contribution in [1.82, 2.24) is 15.1 Å². The second-order valence-corrected chi connectivity index (χ2v) is 8.01. The van der Waals surface area contributed by atoms with Gasteiger partial charge in [0.1, 0.15) is 12.1 Å². The quantitative estimate of drug-likeness (QED) is 0.769. The van der Waals surface area contributed by atoms with Crippen LogP contribution in [-0.2, 0) is 16.1 Å². The van der Waals surface area contributed by atoms with Crippen molar-refractivity contribution in [3.8, 4) is 0 Å². The van der Waals surface area contributed by atoms with Gasteiger partial charge in [-0.1, -0.05) is 30.3 Å². The number of nitrogens with zero attached hydrogens (tertiary/aromatic N) is 2. The maximum Gasteiger partial charge on any atom is 0.405 e. The Kier molecular flexibility index (Phi) is 7.39. The van der Waals surface area contributed by atoms with Gasteiger partial charge in [-0.2, -0.15) is 0 Å². The summed E-state index contributed by atoms with van der Waals surface area (Å²) in [4.78, 5) is 37.0. The monoisotopic (exact) mass is 390 g/mol. The first-order valence-corrected chi connectivity index (χ1v) is 9.49. The molecule has 1 aromatic rings. The van der Waals surface area contributed by atoms with E-state index in [4.69, 9.17) is 5.73 Å². The van der Waals surface area contributed by atoms with E-state index in [2.05, 4.69) is 39.2 Å².